The highest BCUT2D eigenvalue weighted by molar-refractivity contribution is 6.42. The molecular formula is C17H21Cl2N3O3. The largest absolute Gasteiger partial charge is 0.481 e. The lowest BCUT2D eigenvalue weighted by Crippen LogP contribution is -2.46. The van der Waals surface area contributed by atoms with Crippen LogP contribution in [0.4, 0.5) is 10.5 Å². The Kier molecular flexibility index (Phi) is 5.02. The molecule has 2 unspecified atom stereocenters. The summed E-state index contributed by atoms with van der Waals surface area (Å²) < 4.78 is 0. The molecule has 1 aromatic carbocycles. The Morgan fingerprint density at radius 3 is 2.68 bits per heavy atom. The minimum absolute atomic E-state index is 0.0265. The smallest absolute Gasteiger partial charge is 0.317 e. The molecule has 2 saturated heterocycles. The number of likely N-dealkylation sites (tertiary alicyclic amines) is 1. The number of urea groups is 1. The van der Waals surface area contributed by atoms with Gasteiger partial charge in [-0.25, -0.2) is 4.79 Å². The van der Waals surface area contributed by atoms with Crippen LogP contribution < -0.4 is 10.2 Å². The number of benzene rings is 1. The first kappa shape index (κ1) is 18.1. The monoisotopic (exact) mass is 385 g/mol. The number of halogens is 2. The maximum absolute atomic E-state index is 12.4. The summed E-state index contributed by atoms with van der Waals surface area (Å²) in [6.45, 7) is 3.91. The van der Waals surface area contributed by atoms with E-state index >= 15 is 0 Å². The molecule has 2 N–H and O–H groups in total. The van der Waals surface area contributed by atoms with Crippen LogP contribution in [-0.4, -0.2) is 54.2 Å². The van der Waals surface area contributed by atoms with Crippen LogP contribution in [0.3, 0.4) is 0 Å². The zero-order valence-corrected chi connectivity index (χ0v) is 15.5. The van der Waals surface area contributed by atoms with E-state index in [1.165, 1.54) is 0 Å². The lowest BCUT2D eigenvalue weighted by atomic mass is 9.90. The van der Waals surface area contributed by atoms with Crippen molar-refractivity contribution in [1.29, 1.82) is 0 Å². The van der Waals surface area contributed by atoms with E-state index in [9.17, 15) is 14.7 Å². The van der Waals surface area contributed by atoms with Gasteiger partial charge in [-0.3, -0.25) is 4.79 Å². The number of amides is 2. The van der Waals surface area contributed by atoms with Crippen LogP contribution in [0.1, 0.15) is 19.8 Å². The van der Waals surface area contributed by atoms with Crippen LogP contribution in [0.2, 0.25) is 10.0 Å². The third-order valence-electron chi connectivity index (χ3n) is 5.06. The molecule has 0 aromatic heterocycles. The highest BCUT2D eigenvalue weighted by Crippen LogP contribution is 2.31. The Hall–Kier alpha value is -1.66. The second kappa shape index (κ2) is 6.92. The second-order valence-corrected chi connectivity index (χ2v) is 7.83. The van der Waals surface area contributed by atoms with E-state index in [2.05, 4.69) is 10.2 Å². The zero-order valence-electron chi connectivity index (χ0n) is 14.0. The van der Waals surface area contributed by atoms with E-state index in [0.29, 0.717) is 29.6 Å². The molecule has 0 bridgehead atoms. The van der Waals surface area contributed by atoms with Gasteiger partial charge in [-0.05, 0) is 38.0 Å². The molecule has 2 aliphatic rings. The summed E-state index contributed by atoms with van der Waals surface area (Å²) in [5.41, 5.74) is 0.129. The highest BCUT2D eigenvalue weighted by atomic mass is 35.5. The summed E-state index contributed by atoms with van der Waals surface area (Å²) in [5, 5.41) is 13.3. The zero-order chi connectivity index (χ0) is 18.2. The molecule has 25 heavy (non-hydrogen) atoms. The maximum atomic E-state index is 12.4. The van der Waals surface area contributed by atoms with Crippen molar-refractivity contribution >= 4 is 40.9 Å². The Balaban J connectivity index is 1.55. The lowest BCUT2D eigenvalue weighted by Gasteiger charge is -2.23. The maximum Gasteiger partial charge on any atom is 0.317 e. The molecule has 0 spiro atoms. The van der Waals surface area contributed by atoms with Crippen molar-refractivity contribution in [2.75, 3.05) is 31.1 Å². The van der Waals surface area contributed by atoms with E-state index < -0.39 is 11.4 Å². The van der Waals surface area contributed by atoms with Gasteiger partial charge in [0.1, 0.15) is 0 Å². The fourth-order valence-electron chi connectivity index (χ4n) is 3.37. The molecule has 0 aliphatic carbocycles. The number of anilines is 1. The molecule has 0 saturated carbocycles. The van der Waals surface area contributed by atoms with Gasteiger partial charge in [0, 0.05) is 37.9 Å². The first-order chi connectivity index (χ1) is 11.8. The number of carbonyl (C=O) groups excluding carboxylic acids is 1. The van der Waals surface area contributed by atoms with Crippen LogP contribution >= 0.6 is 23.2 Å². The number of nitrogens with one attached hydrogen (secondary N) is 1. The number of aliphatic carboxylic acids is 1. The fraction of sp³-hybridized carbons (Fsp3) is 0.529. The molecule has 6 nitrogen and oxygen atoms in total. The third-order valence-corrected chi connectivity index (χ3v) is 5.80. The van der Waals surface area contributed by atoms with Crippen molar-refractivity contribution < 1.29 is 14.7 Å². The first-order valence-electron chi connectivity index (χ1n) is 8.27. The molecule has 8 heteroatoms. The third kappa shape index (κ3) is 3.80. The van der Waals surface area contributed by atoms with Gasteiger partial charge in [-0.15, -0.1) is 0 Å². The van der Waals surface area contributed by atoms with E-state index in [1.807, 2.05) is 12.1 Å². The molecule has 0 radical (unpaired) electrons. The molecule has 2 atom stereocenters. The minimum atomic E-state index is -0.852. The molecule has 3 rings (SSSR count). The highest BCUT2D eigenvalue weighted by Gasteiger charge is 2.42. The Morgan fingerprint density at radius 2 is 2.04 bits per heavy atom. The summed E-state index contributed by atoms with van der Waals surface area (Å²) in [6.07, 6.45) is 1.31. The van der Waals surface area contributed by atoms with Gasteiger partial charge in [-0.2, -0.15) is 0 Å². The number of carbonyl (C=O) groups is 2. The normalized spacial score (nSPS) is 26.1. The molecule has 2 amide bonds. The van der Waals surface area contributed by atoms with Crippen LogP contribution in [0.15, 0.2) is 18.2 Å². The number of hydrogen-bond donors (Lipinski definition) is 2. The quantitative estimate of drug-likeness (QED) is 0.838. The predicted octanol–water partition coefficient (Wildman–Crippen LogP) is 3.08. The summed E-state index contributed by atoms with van der Waals surface area (Å²) >= 11 is 12.0. The van der Waals surface area contributed by atoms with Crippen molar-refractivity contribution in [3.8, 4) is 0 Å². The van der Waals surface area contributed by atoms with Crippen LogP contribution in [-0.2, 0) is 4.79 Å². The summed E-state index contributed by atoms with van der Waals surface area (Å²) in [7, 11) is 0. The number of rotatable bonds is 3. The molecule has 2 heterocycles. The predicted molar refractivity (Wildman–Crippen MR) is 97.5 cm³/mol. The standard InChI is InChI=1S/C17H21Cl2N3O3/c1-17(15(23)24)5-7-22(10-17)16(25)20-11-4-6-21(9-11)12-2-3-13(18)14(19)8-12/h2-3,8,11H,4-7,9-10H2,1H3,(H,20,25)(H,23,24). The topological polar surface area (TPSA) is 72.9 Å². The van der Waals surface area contributed by atoms with Crippen molar-refractivity contribution in [3.63, 3.8) is 0 Å². The van der Waals surface area contributed by atoms with E-state index in [1.54, 1.807) is 17.9 Å². The van der Waals surface area contributed by atoms with Gasteiger partial charge >= 0.3 is 12.0 Å². The minimum Gasteiger partial charge on any atom is -0.481 e. The Morgan fingerprint density at radius 1 is 1.28 bits per heavy atom. The van der Waals surface area contributed by atoms with Crippen molar-refractivity contribution in [2.45, 2.75) is 25.8 Å². The average Bonchev–Trinajstić information content (AvgIpc) is 3.18. The van der Waals surface area contributed by atoms with Crippen LogP contribution in [0.25, 0.3) is 0 Å². The van der Waals surface area contributed by atoms with Crippen LogP contribution in [0, 0.1) is 5.41 Å². The SMILES string of the molecule is CC1(C(=O)O)CCN(C(=O)NC2CCN(c3ccc(Cl)c(Cl)c3)C2)C1. The van der Waals surface area contributed by atoms with Gasteiger partial charge < -0.3 is 20.2 Å². The van der Waals surface area contributed by atoms with E-state index in [0.717, 1.165) is 18.7 Å². The van der Waals surface area contributed by atoms with Crippen molar-refractivity contribution in [2.24, 2.45) is 5.41 Å². The van der Waals surface area contributed by atoms with E-state index in [4.69, 9.17) is 23.2 Å². The number of nitrogens with zero attached hydrogens (tertiary/aromatic N) is 2. The second-order valence-electron chi connectivity index (χ2n) is 7.02. The first-order valence-corrected chi connectivity index (χ1v) is 9.03. The van der Waals surface area contributed by atoms with Crippen molar-refractivity contribution in [3.05, 3.63) is 28.2 Å². The van der Waals surface area contributed by atoms with Gasteiger partial charge in [0.05, 0.1) is 15.5 Å². The summed E-state index contributed by atoms with van der Waals surface area (Å²) in [4.78, 5) is 27.5. The fourth-order valence-corrected chi connectivity index (χ4v) is 3.66. The summed E-state index contributed by atoms with van der Waals surface area (Å²) in [6, 6.07) is 5.34. The number of carboxylic acid groups (broad SMARTS) is 1. The Labute approximate surface area is 156 Å². The van der Waals surface area contributed by atoms with Gasteiger partial charge in [0.2, 0.25) is 0 Å². The summed E-state index contributed by atoms with van der Waals surface area (Å²) in [5.74, 6) is -0.852. The molecule has 136 valence electrons. The average molecular weight is 386 g/mol. The van der Waals surface area contributed by atoms with Gasteiger partial charge in [-0.1, -0.05) is 23.2 Å². The van der Waals surface area contributed by atoms with Crippen LogP contribution in [0.5, 0.6) is 0 Å². The number of carboxylic acids is 1. The Bertz CT molecular complexity index is 700. The van der Waals surface area contributed by atoms with Gasteiger partial charge in [0.15, 0.2) is 0 Å². The molecule has 2 fully saturated rings. The number of hydrogen-bond acceptors (Lipinski definition) is 3. The molecule has 1 aromatic rings. The van der Waals surface area contributed by atoms with Crippen molar-refractivity contribution in [1.82, 2.24) is 10.2 Å². The lowest BCUT2D eigenvalue weighted by molar-refractivity contribution is -0.146. The van der Waals surface area contributed by atoms with E-state index in [-0.39, 0.29) is 18.6 Å². The molecular weight excluding hydrogens is 365 g/mol. The molecule has 2 aliphatic heterocycles. The van der Waals surface area contributed by atoms with Gasteiger partial charge in [0.25, 0.3) is 0 Å².